The van der Waals surface area contributed by atoms with Gasteiger partial charge in [0.15, 0.2) is 5.65 Å². The topological polar surface area (TPSA) is 80.2 Å². The van der Waals surface area contributed by atoms with Crippen LogP contribution in [-0.2, 0) is 23.0 Å². The lowest BCUT2D eigenvalue weighted by Gasteiger charge is -2.32. The first-order valence-electron chi connectivity index (χ1n) is 8.86. The maximum atomic E-state index is 12.8. The Bertz CT molecular complexity index is 850. The van der Waals surface area contributed by atoms with E-state index in [2.05, 4.69) is 10.1 Å². The molecule has 2 aromatic rings. The van der Waals surface area contributed by atoms with Crippen molar-refractivity contribution in [2.24, 2.45) is 7.05 Å². The highest BCUT2D eigenvalue weighted by atomic mass is 16.5. The van der Waals surface area contributed by atoms with Crippen LogP contribution >= 0.6 is 0 Å². The second-order valence-corrected chi connectivity index (χ2v) is 6.74. The van der Waals surface area contributed by atoms with Crippen molar-refractivity contribution in [2.75, 3.05) is 19.7 Å². The van der Waals surface area contributed by atoms with Crippen LogP contribution in [0.25, 0.3) is 11.0 Å². The number of nitrogens with one attached hydrogen (secondary N) is 1. The molecule has 136 valence electrons. The lowest BCUT2D eigenvalue weighted by atomic mass is 10.00. The number of piperidine rings is 1. The van der Waals surface area contributed by atoms with Gasteiger partial charge in [-0.3, -0.25) is 19.4 Å². The second kappa shape index (κ2) is 7.00. The summed E-state index contributed by atoms with van der Waals surface area (Å²) in [4.78, 5) is 31.4. The Kier molecular flexibility index (Phi) is 4.94. The van der Waals surface area contributed by atoms with Crippen molar-refractivity contribution in [2.45, 2.75) is 46.1 Å². The fourth-order valence-corrected chi connectivity index (χ4v) is 3.71. The molecule has 1 aliphatic rings. The van der Waals surface area contributed by atoms with Crippen LogP contribution in [-0.4, -0.2) is 51.4 Å². The van der Waals surface area contributed by atoms with Crippen LogP contribution in [0, 0.1) is 13.8 Å². The lowest BCUT2D eigenvalue weighted by molar-refractivity contribution is -0.134. The number of aromatic nitrogens is 3. The highest BCUT2D eigenvalue weighted by molar-refractivity contribution is 5.84. The van der Waals surface area contributed by atoms with E-state index >= 15 is 0 Å². The SMILES string of the molecule is CCO[C@H]1CCCN(C(=O)Cc2c(C)nc3c(c2C)c(=O)[nH]n3C)C1. The number of pyridine rings is 1. The number of hydrogen-bond acceptors (Lipinski definition) is 4. The number of H-pyrrole nitrogens is 1. The largest absolute Gasteiger partial charge is 0.377 e. The molecule has 1 aliphatic heterocycles. The maximum Gasteiger partial charge on any atom is 0.273 e. The van der Waals surface area contributed by atoms with Crippen molar-refractivity contribution >= 4 is 16.9 Å². The number of amides is 1. The van der Waals surface area contributed by atoms with Crippen LogP contribution < -0.4 is 5.56 Å². The molecule has 0 bridgehead atoms. The fourth-order valence-electron chi connectivity index (χ4n) is 3.71. The Morgan fingerprint density at radius 3 is 2.88 bits per heavy atom. The standard InChI is InChI=1S/C18H26N4O3/c1-5-25-13-7-6-8-22(10-13)15(23)9-14-11(2)16-17(19-12(14)3)21(4)20-18(16)24/h13H,5-10H2,1-4H3,(H,20,24)/t13-/m0/s1. The zero-order valence-electron chi connectivity index (χ0n) is 15.4. The van der Waals surface area contributed by atoms with Crippen LogP contribution in [0.3, 0.4) is 0 Å². The van der Waals surface area contributed by atoms with Crippen LogP contribution in [0.1, 0.15) is 36.6 Å². The van der Waals surface area contributed by atoms with E-state index in [1.165, 1.54) is 0 Å². The first-order chi connectivity index (χ1) is 11.9. The van der Waals surface area contributed by atoms with Crippen molar-refractivity contribution in [3.63, 3.8) is 0 Å². The average Bonchev–Trinajstić information content (AvgIpc) is 2.85. The third-order valence-corrected chi connectivity index (χ3v) is 5.04. The molecule has 1 N–H and O–H groups in total. The Hall–Kier alpha value is -2.15. The van der Waals surface area contributed by atoms with Crippen LogP contribution in [0.5, 0.6) is 0 Å². The summed E-state index contributed by atoms with van der Waals surface area (Å²) < 4.78 is 7.31. The van der Waals surface area contributed by atoms with E-state index in [0.717, 1.165) is 36.2 Å². The van der Waals surface area contributed by atoms with Crippen LogP contribution in [0.2, 0.25) is 0 Å². The summed E-state index contributed by atoms with van der Waals surface area (Å²) in [6.07, 6.45) is 2.36. The molecule has 7 heteroatoms. The molecule has 2 aromatic heterocycles. The Morgan fingerprint density at radius 2 is 2.16 bits per heavy atom. The highest BCUT2D eigenvalue weighted by Gasteiger charge is 2.25. The number of aryl methyl sites for hydroxylation is 3. The number of hydrogen-bond donors (Lipinski definition) is 1. The number of nitrogens with zero attached hydrogens (tertiary/aromatic N) is 3. The molecule has 25 heavy (non-hydrogen) atoms. The first kappa shape index (κ1) is 17.7. The molecule has 1 fully saturated rings. The number of likely N-dealkylation sites (tertiary alicyclic amines) is 1. The summed E-state index contributed by atoms with van der Waals surface area (Å²) in [5, 5.41) is 3.31. The molecule has 0 spiro atoms. The summed E-state index contributed by atoms with van der Waals surface area (Å²) in [6.45, 7) is 7.85. The Balaban J connectivity index is 1.86. The van der Waals surface area contributed by atoms with Crippen molar-refractivity contribution in [3.05, 3.63) is 27.2 Å². The highest BCUT2D eigenvalue weighted by Crippen LogP contribution is 2.22. The van der Waals surface area contributed by atoms with Crippen molar-refractivity contribution in [1.82, 2.24) is 19.7 Å². The zero-order valence-corrected chi connectivity index (χ0v) is 15.4. The summed E-state index contributed by atoms with van der Waals surface area (Å²) in [5.74, 6) is 0.0733. The molecule has 0 unspecified atom stereocenters. The lowest BCUT2D eigenvalue weighted by Crippen LogP contribution is -2.44. The summed E-state index contributed by atoms with van der Waals surface area (Å²) in [6, 6.07) is 0. The molecule has 0 aromatic carbocycles. The molecule has 1 amide bonds. The third-order valence-electron chi connectivity index (χ3n) is 5.04. The minimum Gasteiger partial charge on any atom is -0.377 e. The van der Waals surface area contributed by atoms with E-state index in [4.69, 9.17) is 4.74 Å². The van der Waals surface area contributed by atoms with E-state index in [1.54, 1.807) is 11.7 Å². The Morgan fingerprint density at radius 1 is 1.40 bits per heavy atom. The normalized spacial score (nSPS) is 18.1. The minimum atomic E-state index is -0.161. The number of carbonyl (C=O) groups is 1. The van der Waals surface area contributed by atoms with Gasteiger partial charge in [-0.15, -0.1) is 0 Å². The minimum absolute atomic E-state index is 0.0733. The quantitative estimate of drug-likeness (QED) is 0.909. The maximum absolute atomic E-state index is 12.8. The van der Waals surface area contributed by atoms with E-state index in [-0.39, 0.29) is 24.0 Å². The van der Waals surface area contributed by atoms with Gasteiger partial charge in [-0.2, -0.15) is 0 Å². The van der Waals surface area contributed by atoms with Gasteiger partial charge in [-0.1, -0.05) is 0 Å². The molecule has 1 saturated heterocycles. The summed E-state index contributed by atoms with van der Waals surface area (Å²) in [7, 11) is 1.77. The van der Waals surface area contributed by atoms with Crippen molar-refractivity contribution in [1.29, 1.82) is 0 Å². The van der Waals surface area contributed by atoms with Gasteiger partial charge in [0.05, 0.1) is 17.9 Å². The number of carbonyl (C=O) groups excluding carboxylic acids is 1. The van der Waals surface area contributed by atoms with E-state index in [0.29, 0.717) is 24.2 Å². The molecule has 3 heterocycles. The van der Waals surface area contributed by atoms with E-state index in [1.807, 2.05) is 25.7 Å². The van der Waals surface area contributed by atoms with Gasteiger partial charge in [0, 0.05) is 32.4 Å². The average molecular weight is 346 g/mol. The molecular formula is C18H26N4O3. The Labute approximate surface area is 147 Å². The molecule has 3 rings (SSSR count). The fraction of sp³-hybridized carbons (Fsp3) is 0.611. The predicted octanol–water partition coefficient (Wildman–Crippen LogP) is 1.45. The van der Waals surface area contributed by atoms with Gasteiger partial charge in [0.2, 0.25) is 5.91 Å². The van der Waals surface area contributed by atoms with Crippen molar-refractivity contribution < 1.29 is 9.53 Å². The van der Waals surface area contributed by atoms with E-state index in [9.17, 15) is 9.59 Å². The number of aromatic amines is 1. The zero-order chi connectivity index (χ0) is 18.1. The van der Waals surface area contributed by atoms with Crippen molar-refractivity contribution in [3.8, 4) is 0 Å². The van der Waals surface area contributed by atoms with Crippen LogP contribution in [0.15, 0.2) is 4.79 Å². The molecule has 0 radical (unpaired) electrons. The smallest absolute Gasteiger partial charge is 0.273 e. The van der Waals surface area contributed by atoms with Gasteiger partial charge in [0.25, 0.3) is 5.56 Å². The third kappa shape index (κ3) is 3.33. The first-order valence-corrected chi connectivity index (χ1v) is 8.86. The molecule has 7 nitrogen and oxygen atoms in total. The van der Waals surface area contributed by atoms with E-state index < -0.39 is 0 Å². The van der Waals surface area contributed by atoms with Crippen LogP contribution in [0.4, 0.5) is 0 Å². The summed E-state index contributed by atoms with van der Waals surface area (Å²) >= 11 is 0. The van der Waals surface area contributed by atoms with Gasteiger partial charge in [-0.05, 0) is 44.7 Å². The molecular weight excluding hydrogens is 320 g/mol. The number of ether oxygens (including phenoxy) is 1. The second-order valence-electron chi connectivity index (χ2n) is 6.74. The van der Waals surface area contributed by atoms with Gasteiger partial charge >= 0.3 is 0 Å². The predicted molar refractivity (Wildman–Crippen MR) is 95.7 cm³/mol. The van der Waals surface area contributed by atoms with Gasteiger partial charge < -0.3 is 9.64 Å². The molecule has 1 atom stereocenters. The number of fused-ring (bicyclic) bond motifs is 1. The molecule has 0 saturated carbocycles. The molecule has 0 aliphatic carbocycles. The number of rotatable bonds is 4. The van der Waals surface area contributed by atoms with Gasteiger partial charge in [0.1, 0.15) is 0 Å². The van der Waals surface area contributed by atoms with Gasteiger partial charge in [-0.25, -0.2) is 4.98 Å². The summed E-state index contributed by atoms with van der Waals surface area (Å²) in [5.41, 5.74) is 2.96. The monoisotopic (exact) mass is 346 g/mol.